The van der Waals surface area contributed by atoms with Crippen molar-refractivity contribution >= 4 is 28.6 Å². The topological polar surface area (TPSA) is 57.1 Å². The van der Waals surface area contributed by atoms with E-state index in [4.69, 9.17) is 14.2 Å². The summed E-state index contributed by atoms with van der Waals surface area (Å²) in [6.45, 7) is 0. The Bertz CT molecular complexity index is 1250. The minimum atomic E-state index is -0.474. The maximum absolute atomic E-state index is 12.4. The molecule has 0 bridgehead atoms. The molecule has 0 aromatic heterocycles. The molecule has 5 heteroatoms. The van der Waals surface area contributed by atoms with Gasteiger partial charge >= 0.3 is 5.97 Å². The fourth-order valence-corrected chi connectivity index (χ4v) is 3.14. The van der Waals surface area contributed by atoms with Crippen molar-refractivity contribution in [3.8, 4) is 17.2 Å². The van der Waals surface area contributed by atoms with Gasteiger partial charge in [-0.3, -0.25) is 4.99 Å². The largest absolute Gasteiger partial charge is 0.497 e. The van der Waals surface area contributed by atoms with Crippen LogP contribution in [0.3, 0.4) is 0 Å². The zero-order valence-corrected chi connectivity index (χ0v) is 17.2. The van der Waals surface area contributed by atoms with E-state index in [0.717, 1.165) is 16.6 Å². The lowest BCUT2D eigenvalue weighted by Crippen LogP contribution is -2.09. The highest BCUT2D eigenvalue weighted by Gasteiger charge is 2.13. The summed E-state index contributed by atoms with van der Waals surface area (Å²) in [6, 6.07) is 26.2. The third-order valence-corrected chi connectivity index (χ3v) is 4.81. The van der Waals surface area contributed by atoms with Gasteiger partial charge in [0.2, 0.25) is 0 Å². The van der Waals surface area contributed by atoms with Gasteiger partial charge in [0.1, 0.15) is 5.75 Å². The molecule has 0 atom stereocenters. The van der Waals surface area contributed by atoms with Crippen LogP contribution in [0.15, 0.2) is 89.9 Å². The number of nitrogens with zero attached hydrogens (tertiary/aromatic N) is 1. The van der Waals surface area contributed by atoms with Gasteiger partial charge in [-0.1, -0.05) is 30.3 Å². The third kappa shape index (κ3) is 4.73. The first-order valence-electron chi connectivity index (χ1n) is 9.73. The molecule has 0 aliphatic heterocycles. The number of esters is 1. The first-order valence-corrected chi connectivity index (χ1v) is 9.73. The lowest BCUT2D eigenvalue weighted by molar-refractivity contribution is 0.0729. The number of ether oxygens (including phenoxy) is 3. The predicted octanol–water partition coefficient (Wildman–Crippen LogP) is 5.83. The highest BCUT2D eigenvalue weighted by Crippen LogP contribution is 2.29. The molecule has 0 N–H and O–H groups in total. The molecule has 0 saturated carbocycles. The van der Waals surface area contributed by atoms with Gasteiger partial charge in [-0.2, -0.15) is 0 Å². The average Bonchev–Trinajstić information content (AvgIpc) is 2.83. The van der Waals surface area contributed by atoms with Gasteiger partial charge in [-0.25, -0.2) is 4.79 Å². The lowest BCUT2D eigenvalue weighted by Gasteiger charge is -2.10. The molecule has 4 aromatic carbocycles. The number of methoxy groups -OCH3 is 2. The highest BCUT2D eigenvalue weighted by atomic mass is 16.6. The van der Waals surface area contributed by atoms with Crippen LogP contribution in [0.25, 0.3) is 10.8 Å². The van der Waals surface area contributed by atoms with Gasteiger partial charge in [0.25, 0.3) is 0 Å². The van der Waals surface area contributed by atoms with Gasteiger partial charge in [0, 0.05) is 6.21 Å². The van der Waals surface area contributed by atoms with Crippen molar-refractivity contribution in [2.45, 2.75) is 0 Å². The molecule has 0 aliphatic rings. The predicted molar refractivity (Wildman–Crippen MR) is 122 cm³/mol. The molecular formula is C26H21NO4. The van der Waals surface area contributed by atoms with E-state index in [1.807, 2.05) is 36.4 Å². The summed E-state index contributed by atoms with van der Waals surface area (Å²) >= 11 is 0. The van der Waals surface area contributed by atoms with Crippen LogP contribution in [-0.4, -0.2) is 26.4 Å². The third-order valence-electron chi connectivity index (χ3n) is 4.81. The monoisotopic (exact) mass is 411 g/mol. The Labute approximate surface area is 180 Å². The van der Waals surface area contributed by atoms with Gasteiger partial charge in [0.05, 0.1) is 25.5 Å². The summed E-state index contributed by atoms with van der Waals surface area (Å²) < 4.78 is 16.0. The van der Waals surface area contributed by atoms with Crippen LogP contribution in [0.4, 0.5) is 5.69 Å². The molecule has 31 heavy (non-hydrogen) atoms. The summed E-state index contributed by atoms with van der Waals surface area (Å²) in [6.07, 6.45) is 1.75. The van der Waals surface area contributed by atoms with Crippen LogP contribution < -0.4 is 14.2 Å². The Hall–Kier alpha value is -4.12. The molecule has 0 heterocycles. The Morgan fingerprint density at radius 2 is 1.55 bits per heavy atom. The van der Waals surface area contributed by atoms with E-state index in [2.05, 4.69) is 17.1 Å². The van der Waals surface area contributed by atoms with E-state index < -0.39 is 5.97 Å². The van der Waals surface area contributed by atoms with Crippen LogP contribution >= 0.6 is 0 Å². The minimum absolute atomic E-state index is 0.339. The first kappa shape index (κ1) is 20.2. The number of aliphatic imine (C=N–C) groups is 1. The minimum Gasteiger partial charge on any atom is -0.497 e. The van der Waals surface area contributed by atoms with Crippen LogP contribution in [0, 0.1) is 0 Å². The lowest BCUT2D eigenvalue weighted by atomic mass is 10.1. The molecular weight excluding hydrogens is 390 g/mol. The SMILES string of the molecule is COc1ccc(C(=O)Oc2ccc(C=Nc3ccc4ccccc4c3)cc2OC)cc1. The molecule has 0 fully saturated rings. The maximum Gasteiger partial charge on any atom is 0.343 e. The summed E-state index contributed by atoms with van der Waals surface area (Å²) in [5.41, 5.74) is 2.10. The number of rotatable bonds is 6. The number of carbonyl (C=O) groups excluding carboxylic acids is 1. The second-order valence-electron chi connectivity index (χ2n) is 6.82. The Balaban J connectivity index is 1.51. The van der Waals surface area contributed by atoms with Crippen LogP contribution in [0.1, 0.15) is 15.9 Å². The van der Waals surface area contributed by atoms with Crippen molar-refractivity contribution in [3.05, 3.63) is 96.1 Å². The second-order valence-corrected chi connectivity index (χ2v) is 6.82. The fourth-order valence-electron chi connectivity index (χ4n) is 3.14. The molecule has 154 valence electrons. The van der Waals surface area contributed by atoms with Crippen molar-refractivity contribution in [1.82, 2.24) is 0 Å². The number of benzene rings is 4. The quantitative estimate of drug-likeness (QED) is 0.228. The Kier molecular flexibility index (Phi) is 5.94. The number of hydrogen-bond acceptors (Lipinski definition) is 5. The van der Waals surface area contributed by atoms with Gasteiger partial charge in [0.15, 0.2) is 11.5 Å². The van der Waals surface area contributed by atoms with Gasteiger partial charge < -0.3 is 14.2 Å². The smallest absolute Gasteiger partial charge is 0.343 e. The zero-order valence-electron chi connectivity index (χ0n) is 17.2. The normalized spacial score (nSPS) is 10.9. The van der Waals surface area contributed by atoms with Crippen molar-refractivity contribution in [3.63, 3.8) is 0 Å². The standard InChI is InChI=1S/C26H21NO4/c1-29-23-12-9-20(10-13-23)26(28)31-24-14-7-18(15-25(24)30-2)17-27-22-11-8-19-5-3-4-6-21(19)16-22/h3-17H,1-2H3. The van der Waals surface area contributed by atoms with Crippen molar-refractivity contribution in [1.29, 1.82) is 0 Å². The summed E-state index contributed by atoms with van der Waals surface area (Å²) in [7, 11) is 3.10. The highest BCUT2D eigenvalue weighted by molar-refractivity contribution is 5.92. The summed E-state index contributed by atoms with van der Waals surface area (Å²) in [5.74, 6) is 0.984. The van der Waals surface area contributed by atoms with Gasteiger partial charge in [-0.05, 0) is 70.9 Å². The van der Waals surface area contributed by atoms with Gasteiger partial charge in [-0.15, -0.1) is 0 Å². The maximum atomic E-state index is 12.4. The molecule has 5 nitrogen and oxygen atoms in total. The summed E-state index contributed by atoms with van der Waals surface area (Å²) in [5, 5.41) is 2.31. The Morgan fingerprint density at radius 3 is 2.29 bits per heavy atom. The zero-order chi connectivity index (χ0) is 21.6. The average molecular weight is 411 g/mol. The number of carbonyl (C=O) groups is 1. The number of hydrogen-bond donors (Lipinski definition) is 0. The van der Waals surface area contributed by atoms with Crippen LogP contribution in [0.2, 0.25) is 0 Å². The van der Waals surface area contributed by atoms with Crippen molar-refractivity contribution in [2.24, 2.45) is 4.99 Å². The molecule has 4 aromatic rings. The van der Waals surface area contributed by atoms with E-state index in [-0.39, 0.29) is 0 Å². The second kappa shape index (κ2) is 9.13. The first-order chi connectivity index (χ1) is 15.2. The van der Waals surface area contributed by atoms with Crippen molar-refractivity contribution < 1.29 is 19.0 Å². The van der Waals surface area contributed by atoms with Crippen molar-refractivity contribution in [2.75, 3.05) is 14.2 Å². The van der Waals surface area contributed by atoms with Crippen LogP contribution in [-0.2, 0) is 0 Å². The van der Waals surface area contributed by atoms with E-state index in [0.29, 0.717) is 22.8 Å². The molecule has 0 radical (unpaired) electrons. The molecule has 0 unspecified atom stereocenters. The van der Waals surface area contributed by atoms with E-state index >= 15 is 0 Å². The number of fused-ring (bicyclic) bond motifs is 1. The molecule has 4 rings (SSSR count). The van der Waals surface area contributed by atoms with Crippen LogP contribution in [0.5, 0.6) is 17.2 Å². The summed E-state index contributed by atoms with van der Waals surface area (Å²) in [4.78, 5) is 17.0. The molecule has 0 spiro atoms. The van der Waals surface area contributed by atoms with E-state index in [1.165, 1.54) is 12.5 Å². The fraction of sp³-hybridized carbons (Fsp3) is 0.0769. The molecule has 0 aliphatic carbocycles. The molecule has 0 saturated heterocycles. The van der Waals surface area contributed by atoms with E-state index in [9.17, 15) is 4.79 Å². The molecule has 0 amide bonds. The van der Waals surface area contributed by atoms with E-state index in [1.54, 1.807) is 49.7 Å². The Morgan fingerprint density at radius 1 is 0.774 bits per heavy atom.